The van der Waals surface area contributed by atoms with E-state index >= 15 is 0 Å². The van der Waals surface area contributed by atoms with Crippen LogP contribution in [0.3, 0.4) is 0 Å². The van der Waals surface area contributed by atoms with Crippen molar-refractivity contribution in [1.82, 2.24) is 10.0 Å². The Labute approximate surface area is 386 Å². The van der Waals surface area contributed by atoms with Crippen LogP contribution in [0.2, 0.25) is 0 Å². The minimum absolute atomic E-state index is 0.106. The SMILES string of the molecule is C=C(C)C(=O)OCCOC(=O)CCC(=O)Oc1c2c(c(OC(=O)CCC(=O)OCCOC(=O)C(=C)C)c3c1SC(=C1C(=O)N(CCCC)N(CCCC)C1=O)S3)SC(=C(C#N)C#N)S2. The summed E-state index contributed by atoms with van der Waals surface area (Å²) in [6, 6.07) is 3.64. The number of unbranched alkanes of at least 4 members (excludes halogenated alkanes) is 2. The Bertz CT molecular complexity index is 2140. The molecule has 0 aliphatic carbocycles. The molecule has 2 amide bonds. The summed E-state index contributed by atoms with van der Waals surface area (Å²) in [7, 11) is 0. The van der Waals surface area contributed by atoms with Gasteiger partial charge in [0.2, 0.25) is 0 Å². The Kier molecular flexibility index (Phi) is 19.4. The summed E-state index contributed by atoms with van der Waals surface area (Å²) in [6.45, 7) is 13.3. The summed E-state index contributed by atoms with van der Waals surface area (Å²) in [5.41, 5.74) is -0.111. The zero-order chi connectivity index (χ0) is 47.1. The van der Waals surface area contributed by atoms with E-state index in [1.54, 1.807) is 0 Å². The van der Waals surface area contributed by atoms with E-state index in [0.29, 0.717) is 12.8 Å². The molecule has 340 valence electrons. The molecule has 4 rings (SSSR count). The summed E-state index contributed by atoms with van der Waals surface area (Å²) in [5.74, 6) is -6.03. The molecule has 0 saturated carbocycles. The molecule has 22 heteroatoms. The lowest BCUT2D eigenvalue weighted by Crippen LogP contribution is -2.42. The lowest BCUT2D eigenvalue weighted by molar-refractivity contribution is -0.151. The number of carbonyl (C=O) groups excluding carboxylic acids is 8. The quantitative estimate of drug-likeness (QED) is 0.0231. The van der Waals surface area contributed by atoms with Crippen LogP contribution in [0.25, 0.3) is 0 Å². The number of esters is 6. The van der Waals surface area contributed by atoms with Crippen molar-refractivity contribution >= 4 is 94.7 Å². The highest BCUT2D eigenvalue weighted by Crippen LogP contribution is 2.68. The van der Waals surface area contributed by atoms with Gasteiger partial charge in [0.1, 0.15) is 49.7 Å². The van der Waals surface area contributed by atoms with Gasteiger partial charge in [-0.25, -0.2) is 19.6 Å². The number of allylic oxidation sites excluding steroid dienone is 1. The largest absolute Gasteiger partial charge is 0.462 e. The normalized spacial score (nSPS) is 13.7. The van der Waals surface area contributed by atoms with Gasteiger partial charge in [-0.2, -0.15) is 10.5 Å². The number of amides is 2. The van der Waals surface area contributed by atoms with Gasteiger partial charge in [-0.15, -0.1) is 0 Å². The Morgan fingerprint density at radius 1 is 0.578 bits per heavy atom. The molecule has 3 heterocycles. The van der Waals surface area contributed by atoms with Crippen molar-refractivity contribution in [1.29, 1.82) is 10.5 Å². The van der Waals surface area contributed by atoms with Crippen molar-refractivity contribution in [3.05, 3.63) is 43.9 Å². The molecule has 1 fully saturated rings. The number of benzene rings is 1. The van der Waals surface area contributed by atoms with Gasteiger partial charge in [0, 0.05) is 24.2 Å². The molecule has 1 aromatic rings. The molecular formula is C42H44N4O14S4. The third-order valence-electron chi connectivity index (χ3n) is 8.64. The van der Waals surface area contributed by atoms with Crippen LogP contribution in [0.1, 0.15) is 79.1 Å². The molecule has 3 aliphatic heterocycles. The predicted octanol–water partition coefficient (Wildman–Crippen LogP) is 6.43. The average molecular weight is 957 g/mol. The monoisotopic (exact) mass is 956 g/mol. The summed E-state index contributed by atoms with van der Waals surface area (Å²) in [5, 5.41) is 22.3. The van der Waals surface area contributed by atoms with Gasteiger partial charge < -0.3 is 28.4 Å². The highest BCUT2D eigenvalue weighted by atomic mass is 32.2. The molecule has 1 aromatic carbocycles. The smallest absolute Gasteiger partial charge is 0.333 e. The van der Waals surface area contributed by atoms with Crippen molar-refractivity contribution in [3.8, 4) is 23.6 Å². The van der Waals surface area contributed by atoms with Crippen molar-refractivity contribution in [3.63, 3.8) is 0 Å². The molecule has 0 atom stereocenters. The minimum Gasteiger partial charge on any atom is -0.462 e. The molecule has 0 N–H and O–H groups in total. The number of carbonyl (C=O) groups is 8. The van der Waals surface area contributed by atoms with Crippen LogP contribution < -0.4 is 9.47 Å². The second-order valence-electron chi connectivity index (χ2n) is 13.7. The predicted molar refractivity (Wildman–Crippen MR) is 232 cm³/mol. The third-order valence-corrected chi connectivity index (χ3v) is 13.8. The number of hydrogen-bond acceptors (Lipinski definition) is 20. The van der Waals surface area contributed by atoms with Crippen LogP contribution in [0.5, 0.6) is 11.5 Å². The molecule has 0 spiro atoms. The van der Waals surface area contributed by atoms with Crippen LogP contribution in [-0.4, -0.2) is 97.2 Å². The van der Waals surface area contributed by atoms with Gasteiger partial charge in [0.25, 0.3) is 11.8 Å². The first kappa shape index (κ1) is 51.0. The fourth-order valence-electron chi connectivity index (χ4n) is 5.42. The first-order valence-corrected chi connectivity index (χ1v) is 23.1. The molecular weight excluding hydrogens is 913 g/mol. The van der Waals surface area contributed by atoms with Crippen LogP contribution in [0.15, 0.2) is 63.5 Å². The maximum Gasteiger partial charge on any atom is 0.333 e. The van der Waals surface area contributed by atoms with E-state index in [2.05, 4.69) is 13.2 Å². The first-order valence-electron chi connectivity index (χ1n) is 19.8. The molecule has 0 radical (unpaired) electrons. The van der Waals surface area contributed by atoms with Crippen LogP contribution in [0.4, 0.5) is 0 Å². The fraction of sp³-hybridized carbons (Fsp3) is 0.429. The number of rotatable bonds is 22. The molecule has 3 aliphatic rings. The summed E-state index contributed by atoms with van der Waals surface area (Å²) in [4.78, 5) is 104. The van der Waals surface area contributed by atoms with Crippen LogP contribution in [-0.2, 0) is 57.3 Å². The van der Waals surface area contributed by atoms with E-state index in [1.807, 2.05) is 26.0 Å². The van der Waals surface area contributed by atoms with E-state index in [4.69, 9.17) is 28.4 Å². The zero-order valence-electron chi connectivity index (χ0n) is 35.5. The summed E-state index contributed by atoms with van der Waals surface area (Å²) in [6.07, 6.45) is 0.926. The topological polar surface area (TPSA) is 246 Å². The molecule has 0 aromatic heterocycles. The second kappa shape index (κ2) is 24.4. The highest BCUT2D eigenvalue weighted by Gasteiger charge is 2.46. The number of nitriles is 2. The number of fused-ring (bicyclic) bond motifs is 2. The van der Waals surface area contributed by atoms with Crippen molar-refractivity contribution in [2.45, 2.75) is 98.6 Å². The van der Waals surface area contributed by atoms with Gasteiger partial charge in [-0.3, -0.25) is 28.8 Å². The van der Waals surface area contributed by atoms with Crippen molar-refractivity contribution in [2.75, 3.05) is 39.5 Å². The highest BCUT2D eigenvalue weighted by molar-refractivity contribution is 8.26. The molecule has 0 unspecified atom stereocenters. The van der Waals surface area contributed by atoms with E-state index < -0.39 is 73.3 Å². The first-order chi connectivity index (χ1) is 30.6. The third kappa shape index (κ3) is 13.2. The second-order valence-corrected chi connectivity index (χ2v) is 18.3. The summed E-state index contributed by atoms with van der Waals surface area (Å²) < 4.78 is 32.1. The van der Waals surface area contributed by atoms with Crippen molar-refractivity contribution < 1.29 is 66.8 Å². The van der Waals surface area contributed by atoms with Gasteiger partial charge in [-0.1, -0.05) is 86.9 Å². The van der Waals surface area contributed by atoms with Crippen molar-refractivity contribution in [2.24, 2.45) is 0 Å². The number of hydrogen-bond donors (Lipinski definition) is 0. The average Bonchev–Trinajstić information content (AvgIpc) is 3.96. The van der Waals surface area contributed by atoms with E-state index in [9.17, 15) is 48.9 Å². The number of thioether (sulfide) groups is 4. The Morgan fingerprint density at radius 3 is 1.30 bits per heavy atom. The van der Waals surface area contributed by atoms with Crippen LogP contribution >= 0.6 is 47.0 Å². The molecule has 0 bridgehead atoms. The molecule has 64 heavy (non-hydrogen) atoms. The van der Waals surface area contributed by atoms with Gasteiger partial charge in [-0.05, 0) is 26.7 Å². The Morgan fingerprint density at radius 2 is 0.938 bits per heavy atom. The molecule has 1 saturated heterocycles. The van der Waals surface area contributed by atoms with Gasteiger partial charge in [0.15, 0.2) is 11.5 Å². The maximum atomic E-state index is 14.0. The maximum absolute atomic E-state index is 14.0. The van der Waals surface area contributed by atoms with E-state index in [-0.39, 0.29) is 101 Å². The minimum atomic E-state index is -0.910. The molecule has 18 nitrogen and oxygen atoms in total. The van der Waals surface area contributed by atoms with Crippen LogP contribution in [0, 0.1) is 22.7 Å². The lowest BCUT2D eigenvalue weighted by atomic mass is 10.3. The Balaban J connectivity index is 1.70. The fourth-order valence-corrected chi connectivity index (χ4v) is 10.8. The number of hydrazine groups is 1. The van der Waals surface area contributed by atoms with E-state index in [0.717, 1.165) is 59.9 Å². The van der Waals surface area contributed by atoms with E-state index in [1.165, 1.54) is 23.9 Å². The standard InChI is InChI=1S/C42H44N4O14S4/c1-7-9-15-45-37(51)30(38(52)46(45)16-10-8-2)42-63-35-31(59-28(49)13-11-26(47)55-17-19-57-39(53)23(3)4)33-34(62-41(61-33)25(21-43)22-44)32(36(35)64-42)60-29(50)14-12-27(48)56-18-20-58-40(54)24(5)6/h3,5,7-20H2,1-2,4,6H3. The summed E-state index contributed by atoms with van der Waals surface area (Å²) >= 11 is 3.61. The van der Waals surface area contributed by atoms with Gasteiger partial charge in [0.05, 0.1) is 53.7 Å². The number of ether oxygens (including phenoxy) is 6. The Hall–Kier alpha value is -5.68. The van der Waals surface area contributed by atoms with Gasteiger partial charge >= 0.3 is 35.8 Å². The zero-order valence-corrected chi connectivity index (χ0v) is 38.7. The number of nitrogens with zero attached hydrogens (tertiary/aromatic N) is 4. The lowest BCUT2D eigenvalue weighted by Gasteiger charge is -2.27.